The number of nitrogens with one attached hydrogen (secondary N) is 1. The van der Waals surface area contributed by atoms with E-state index in [9.17, 15) is 29.2 Å². The average molecular weight is 793 g/mol. The first kappa shape index (κ1) is 42.4. The number of carbonyl (C=O) groups excluding carboxylic acids is 3. The van der Waals surface area contributed by atoms with Gasteiger partial charge in [-0.2, -0.15) is 9.97 Å². The van der Waals surface area contributed by atoms with E-state index in [0.717, 1.165) is 30.6 Å². The Morgan fingerprint density at radius 1 is 0.962 bits per heavy atom. The van der Waals surface area contributed by atoms with Gasteiger partial charge in [0, 0.05) is 19.6 Å². The third kappa shape index (κ3) is 12.6. The van der Waals surface area contributed by atoms with Crippen LogP contribution in [0.25, 0.3) is 11.2 Å². The fraction of sp³-hybridized carbons (Fsp3) is 0.750. The molecule has 2 aromatic heterocycles. The predicted molar refractivity (Wildman–Crippen MR) is 188 cm³/mol. The first-order valence-electron chi connectivity index (χ1n) is 17.1. The highest BCUT2D eigenvalue weighted by Gasteiger charge is 2.45. The Morgan fingerprint density at radius 2 is 1.53 bits per heavy atom. The number of halogens is 1. The lowest BCUT2D eigenvalue weighted by atomic mass is 9.99. The molecular weight excluding hydrogens is 743 g/mol. The van der Waals surface area contributed by atoms with Crippen molar-refractivity contribution in [2.45, 2.75) is 97.8 Å². The summed E-state index contributed by atoms with van der Waals surface area (Å²) in [7, 11) is -3.13. The van der Waals surface area contributed by atoms with Crippen LogP contribution >= 0.6 is 19.2 Å². The Hall–Kier alpha value is -3.32. The number of imidazole rings is 1. The lowest BCUT2D eigenvalue weighted by molar-refractivity contribution is -0.130. The Morgan fingerprint density at radius 3 is 2.08 bits per heavy atom. The second kappa shape index (κ2) is 17.9. The fourth-order valence-corrected chi connectivity index (χ4v) is 6.70. The van der Waals surface area contributed by atoms with Crippen LogP contribution in [-0.4, -0.2) is 124 Å². The van der Waals surface area contributed by atoms with Gasteiger partial charge in [0.15, 0.2) is 23.2 Å². The van der Waals surface area contributed by atoms with Crippen LogP contribution in [0.5, 0.6) is 0 Å². The van der Waals surface area contributed by atoms with E-state index >= 15 is 0 Å². The molecule has 1 saturated heterocycles. The van der Waals surface area contributed by atoms with Gasteiger partial charge in [-0.05, 0) is 35.3 Å². The summed E-state index contributed by atoms with van der Waals surface area (Å²) in [5.41, 5.74) is -0.0527. The van der Waals surface area contributed by atoms with Crippen molar-refractivity contribution < 1.29 is 61.9 Å². The summed E-state index contributed by atoms with van der Waals surface area (Å²) in [5, 5.41) is 25.3. The largest absolute Gasteiger partial charge is 0.510 e. The van der Waals surface area contributed by atoms with Crippen molar-refractivity contribution in [1.29, 1.82) is 0 Å². The van der Waals surface area contributed by atoms with Crippen molar-refractivity contribution in [3.05, 3.63) is 11.6 Å². The molecule has 1 aliphatic heterocycles. The lowest BCUT2D eigenvalue weighted by Crippen LogP contribution is -2.41. The van der Waals surface area contributed by atoms with E-state index in [-0.39, 0.29) is 47.6 Å². The van der Waals surface area contributed by atoms with Crippen LogP contribution in [0, 0.1) is 10.8 Å². The molecule has 298 valence electrons. The molecule has 1 aliphatic carbocycles. The summed E-state index contributed by atoms with van der Waals surface area (Å²) in [4.78, 5) is 51.4. The maximum Gasteiger partial charge on any atom is 0.510 e. The average Bonchev–Trinajstić information content (AvgIpc) is 3.79. The van der Waals surface area contributed by atoms with Gasteiger partial charge in [-0.3, -0.25) is 23.0 Å². The van der Waals surface area contributed by atoms with E-state index < -0.39 is 70.1 Å². The van der Waals surface area contributed by atoms with Gasteiger partial charge in [0.25, 0.3) is 0 Å². The number of hydrogen-bond donors (Lipinski definition) is 3. The molecule has 2 aromatic rings. The van der Waals surface area contributed by atoms with Crippen molar-refractivity contribution in [2.24, 2.45) is 10.8 Å². The summed E-state index contributed by atoms with van der Waals surface area (Å²) in [6, 6.07) is 0.206. The van der Waals surface area contributed by atoms with Crippen molar-refractivity contribution in [2.75, 3.05) is 51.9 Å². The zero-order valence-corrected chi connectivity index (χ0v) is 32.6. The molecule has 3 N–H and O–H groups in total. The molecule has 2 fully saturated rings. The summed E-state index contributed by atoms with van der Waals surface area (Å²) < 4.78 is 51.1. The topological polar surface area (TPSA) is 232 Å². The predicted octanol–water partition coefficient (Wildman–Crippen LogP) is 4.45. The van der Waals surface area contributed by atoms with Crippen molar-refractivity contribution in [3.63, 3.8) is 0 Å². The maximum absolute atomic E-state index is 13.7. The third-order valence-corrected chi connectivity index (χ3v) is 9.83. The zero-order chi connectivity index (χ0) is 39.1. The number of aliphatic hydroxyl groups excluding tert-OH is 2. The maximum atomic E-state index is 13.7. The molecule has 21 heteroatoms. The van der Waals surface area contributed by atoms with Gasteiger partial charge in [-0.15, -0.1) is 0 Å². The van der Waals surface area contributed by atoms with Gasteiger partial charge in [0.2, 0.25) is 24.8 Å². The molecule has 19 nitrogen and oxygen atoms in total. The summed E-state index contributed by atoms with van der Waals surface area (Å²) in [6.45, 7) is 8.92. The smallest absolute Gasteiger partial charge is 0.434 e. The number of anilines is 1. The number of rotatable bonds is 15. The van der Waals surface area contributed by atoms with Crippen LogP contribution in [0.15, 0.2) is 6.33 Å². The van der Waals surface area contributed by atoms with Crippen LogP contribution in [-0.2, 0) is 42.1 Å². The van der Waals surface area contributed by atoms with E-state index in [4.69, 9.17) is 44.3 Å². The second-order valence-electron chi connectivity index (χ2n) is 15.4. The number of nitrogens with zero attached hydrogens (tertiary/aromatic N) is 5. The molecule has 0 bridgehead atoms. The number of hydrogen-bond acceptors (Lipinski definition) is 17. The summed E-state index contributed by atoms with van der Waals surface area (Å²) in [6.07, 6.45) is -2.84. The number of carbonyl (C=O) groups is 3. The molecule has 4 rings (SSSR count). The van der Waals surface area contributed by atoms with E-state index in [0.29, 0.717) is 11.3 Å². The Balaban J connectivity index is 1.39. The van der Waals surface area contributed by atoms with E-state index in [1.807, 2.05) is 41.5 Å². The number of aromatic nitrogens is 4. The SMILES string of the molecule is CN(C[C@H]1O[C@@H](n2cnc3c(NC4CCCC4)nc(Cl)nc32)[C@H](O)[C@@H]1O)C(=O)CP(=O)(OCOC(=O)OCC(C)(C)C)OCOC(=O)OCC(C)(C)C. The monoisotopic (exact) mass is 792 g/mol. The zero-order valence-electron chi connectivity index (χ0n) is 31.0. The number of ether oxygens (including phenoxy) is 5. The molecule has 0 spiro atoms. The number of fused-ring (bicyclic) bond motifs is 1. The number of amides is 1. The van der Waals surface area contributed by atoms with Crippen LogP contribution in [0.2, 0.25) is 5.28 Å². The van der Waals surface area contributed by atoms with Crippen molar-refractivity contribution >= 4 is 54.4 Å². The molecule has 1 amide bonds. The highest BCUT2D eigenvalue weighted by atomic mass is 35.5. The molecule has 2 aliphatic rings. The summed E-state index contributed by atoms with van der Waals surface area (Å²) >= 11 is 6.24. The van der Waals surface area contributed by atoms with Gasteiger partial charge in [0.05, 0.1) is 19.5 Å². The molecular formula is C32H50ClN6O13P. The van der Waals surface area contributed by atoms with Crippen LogP contribution in [0.4, 0.5) is 15.4 Å². The number of likely N-dealkylation sites (N-methyl/N-ethyl adjacent to an activating group) is 1. The Labute approximate surface area is 312 Å². The molecule has 1 saturated carbocycles. The van der Waals surface area contributed by atoms with Crippen LogP contribution < -0.4 is 5.32 Å². The molecule has 3 heterocycles. The minimum Gasteiger partial charge on any atom is -0.434 e. The van der Waals surface area contributed by atoms with Crippen LogP contribution in [0.3, 0.4) is 0 Å². The molecule has 0 aromatic carbocycles. The number of aliphatic hydroxyl groups is 2. The van der Waals surface area contributed by atoms with Crippen molar-refractivity contribution in [3.8, 4) is 0 Å². The molecule has 0 unspecified atom stereocenters. The standard InChI is InChI=1S/C32H50ClN6O13P/c1-31(2,3)14-46-29(43)48-17-50-53(45,51-18-49-30(44)47-15-32(4,5)6)13-21(40)38(7)12-20-23(41)24(42)27(52-20)39-16-34-22-25(35-19-10-8-9-11-19)36-28(33)37-26(22)39/h16,19-20,23-24,27,41-42H,8-15,17-18H2,1-7H3,(H,35,36,37)/t20-,23-,24-,27-/m1/s1. The van der Waals surface area contributed by atoms with Gasteiger partial charge in [0.1, 0.15) is 24.5 Å². The fourth-order valence-electron chi connectivity index (χ4n) is 5.28. The minimum atomic E-state index is -4.47. The third-order valence-electron chi connectivity index (χ3n) is 8.01. The van der Waals surface area contributed by atoms with Crippen molar-refractivity contribution in [1.82, 2.24) is 24.4 Å². The van der Waals surface area contributed by atoms with E-state index in [1.165, 1.54) is 17.9 Å². The quantitative estimate of drug-likeness (QED) is 0.0978. The summed E-state index contributed by atoms with van der Waals surface area (Å²) in [5.74, 6) is -0.378. The minimum absolute atomic E-state index is 0.0234. The van der Waals surface area contributed by atoms with E-state index in [1.54, 1.807) is 0 Å². The van der Waals surface area contributed by atoms with Crippen LogP contribution in [0.1, 0.15) is 73.5 Å². The Bertz CT molecular complexity index is 1590. The molecule has 0 radical (unpaired) electrons. The van der Waals surface area contributed by atoms with Gasteiger partial charge < -0.3 is 44.1 Å². The normalized spacial score (nSPS) is 21.1. The Kier molecular flexibility index (Phi) is 14.3. The second-order valence-corrected chi connectivity index (χ2v) is 17.8. The van der Waals surface area contributed by atoms with E-state index in [2.05, 4.69) is 20.3 Å². The van der Waals surface area contributed by atoms with Gasteiger partial charge in [-0.1, -0.05) is 54.4 Å². The van der Waals surface area contributed by atoms with Gasteiger partial charge in [-0.25, -0.2) is 14.6 Å². The molecule has 53 heavy (non-hydrogen) atoms. The van der Waals surface area contributed by atoms with Gasteiger partial charge >= 0.3 is 19.9 Å². The molecule has 4 atom stereocenters. The first-order valence-corrected chi connectivity index (χ1v) is 19.2. The lowest BCUT2D eigenvalue weighted by Gasteiger charge is -2.25. The first-order chi connectivity index (χ1) is 24.7. The highest BCUT2D eigenvalue weighted by Crippen LogP contribution is 2.48. The highest BCUT2D eigenvalue weighted by molar-refractivity contribution is 7.54.